The summed E-state index contributed by atoms with van der Waals surface area (Å²) in [5, 5.41) is 13.5. The summed E-state index contributed by atoms with van der Waals surface area (Å²) >= 11 is 3.30. The number of benzene rings is 2. The van der Waals surface area contributed by atoms with Crippen LogP contribution in [0.25, 0.3) is 0 Å². The molecule has 3 rings (SSSR count). The van der Waals surface area contributed by atoms with Crippen LogP contribution in [0.4, 0.5) is 0 Å². The second kappa shape index (κ2) is 6.70. The molecule has 118 valence electrons. The normalized spacial score (nSPS) is 16.3. The first-order chi connectivity index (χ1) is 11.1. The fourth-order valence-electron chi connectivity index (χ4n) is 2.01. The summed E-state index contributed by atoms with van der Waals surface area (Å²) in [4.78, 5) is 12.0. The lowest BCUT2D eigenvalue weighted by molar-refractivity contribution is -0.130. The van der Waals surface area contributed by atoms with Gasteiger partial charge in [0.15, 0.2) is 11.5 Å². The molecule has 0 saturated heterocycles. The van der Waals surface area contributed by atoms with Gasteiger partial charge in [0.2, 0.25) is 6.10 Å². The van der Waals surface area contributed by atoms with Gasteiger partial charge in [-0.25, -0.2) is 5.43 Å². The molecular formula is C16H13BrN2O4. The van der Waals surface area contributed by atoms with Crippen LogP contribution in [0.3, 0.4) is 0 Å². The molecule has 0 radical (unpaired) electrons. The molecule has 1 amide bonds. The van der Waals surface area contributed by atoms with Gasteiger partial charge >= 0.3 is 0 Å². The zero-order valence-electron chi connectivity index (χ0n) is 11.9. The Hall–Kier alpha value is -2.54. The van der Waals surface area contributed by atoms with Crippen molar-refractivity contribution in [1.29, 1.82) is 0 Å². The van der Waals surface area contributed by atoms with Crippen molar-refractivity contribution in [3.05, 3.63) is 52.5 Å². The number of phenolic OH excluding ortho intramolecular Hbond substituents is 1. The fourth-order valence-corrected chi connectivity index (χ4v) is 2.39. The number of carbonyl (C=O) groups excluding carboxylic acids is 1. The lowest BCUT2D eigenvalue weighted by atomic mass is 10.2. The average molecular weight is 377 g/mol. The van der Waals surface area contributed by atoms with E-state index in [1.165, 1.54) is 12.3 Å². The molecule has 0 aromatic heterocycles. The predicted octanol–water partition coefficient (Wildman–Crippen LogP) is 2.44. The molecule has 6 nitrogen and oxygen atoms in total. The molecule has 0 bridgehead atoms. The minimum absolute atomic E-state index is 0.0670. The molecule has 1 aliphatic heterocycles. The maximum atomic E-state index is 12.0. The summed E-state index contributed by atoms with van der Waals surface area (Å²) in [6, 6.07) is 12.1. The lowest BCUT2D eigenvalue weighted by Gasteiger charge is -2.24. The van der Waals surface area contributed by atoms with E-state index in [1.54, 1.807) is 30.3 Å². The van der Waals surface area contributed by atoms with Gasteiger partial charge in [0, 0.05) is 10.0 Å². The SMILES string of the molecule is O=C(N/N=C/c1cc(Br)ccc1O)[C@@H]1COc2ccccc2O1. The fraction of sp³-hybridized carbons (Fsp3) is 0.125. The van der Waals surface area contributed by atoms with Crippen LogP contribution in [0, 0.1) is 0 Å². The van der Waals surface area contributed by atoms with Gasteiger partial charge < -0.3 is 14.6 Å². The molecule has 0 saturated carbocycles. The van der Waals surface area contributed by atoms with E-state index in [4.69, 9.17) is 9.47 Å². The van der Waals surface area contributed by atoms with E-state index in [-0.39, 0.29) is 12.4 Å². The lowest BCUT2D eigenvalue weighted by Crippen LogP contribution is -2.42. The molecule has 1 heterocycles. The monoisotopic (exact) mass is 376 g/mol. The number of amides is 1. The standard InChI is InChI=1S/C16H13BrN2O4/c17-11-5-6-12(20)10(7-11)8-18-19-16(21)15-9-22-13-3-1-2-4-14(13)23-15/h1-8,15,20H,9H2,(H,19,21)/b18-8+/t15-/m0/s1. The summed E-state index contributed by atoms with van der Waals surface area (Å²) in [7, 11) is 0. The van der Waals surface area contributed by atoms with E-state index in [9.17, 15) is 9.90 Å². The first-order valence-electron chi connectivity index (χ1n) is 6.83. The molecule has 0 fully saturated rings. The van der Waals surface area contributed by atoms with Crippen LogP contribution in [0.5, 0.6) is 17.2 Å². The van der Waals surface area contributed by atoms with Gasteiger partial charge in [-0.05, 0) is 30.3 Å². The summed E-state index contributed by atoms with van der Waals surface area (Å²) in [6.07, 6.45) is 0.577. The molecule has 2 aromatic rings. The number of hydrogen-bond donors (Lipinski definition) is 2. The van der Waals surface area contributed by atoms with Gasteiger partial charge in [-0.3, -0.25) is 4.79 Å². The van der Waals surface area contributed by atoms with E-state index in [2.05, 4.69) is 26.5 Å². The molecule has 1 atom stereocenters. The number of para-hydroxylation sites is 2. The Morgan fingerprint density at radius 3 is 2.91 bits per heavy atom. The van der Waals surface area contributed by atoms with Gasteiger partial charge in [-0.2, -0.15) is 5.10 Å². The summed E-state index contributed by atoms with van der Waals surface area (Å²) < 4.78 is 11.8. The van der Waals surface area contributed by atoms with E-state index in [1.807, 2.05) is 6.07 Å². The van der Waals surface area contributed by atoms with Crippen LogP contribution >= 0.6 is 15.9 Å². The number of fused-ring (bicyclic) bond motifs is 1. The van der Waals surface area contributed by atoms with Crippen LogP contribution in [0.15, 0.2) is 52.0 Å². The van der Waals surface area contributed by atoms with Crippen molar-refractivity contribution in [1.82, 2.24) is 5.43 Å². The second-order valence-corrected chi connectivity index (χ2v) is 5.72. The quantitative estimate of drug-likeness (QED) is 0.636. The van der Waals surface area contributed by atoms with Crippen molar-refractivity contribution in [3.8, 4) is 17.2 Å². The molecule has 0 spiro atoms. The van der Waals surface area contributed by atoms with E-state index in [0.717, 1.165) is 4.47 Å². The number of carbonyl (C=O) groups is 1. The molecule has 0 aliphatic carbocycles. The highest BCUT2D eigenvalue weighted by atomic mass is 79.9. The Morgan fingerprint density at radius 2 is 2.09 bits per heavy atom. The first-order valence-corrected chi connectivity index (χ1v) is 7.63. The van der Waals surface area contributed by atoms with Gasteiger partial charge in [0.25, 0.3) is 5.91 Å². The van der Waals surface area contributed by atoms with Crippen molar-refractivity contribution in [2.75, 3.05) is 6.61 Å². The number of halogens is 1. The first kappa shape index (κ1) is 15.4. The maximum absolute atomic E-state index is 12.0. The molecular weight excluding hydrogens is 364 g/mol. The highest BCUT2D eigenvalue weighted by Gasteiger charge is 2.26. The van der Waals surface area contributed by atoms with Gasteiger partial charge in [0.1, 0.15) is 12.4 Å². The minimum atomic E-state index is -0.779. The summed E-state index contributed by atoms with van der Waals surface area (Å²) in [5.74, 6) is 0.772. The third-order valence-corrected chi connectivity index (χ3v) is 3.66. The molecule has 1 aliphatic rings. The largest absolute Gasteiger partial charge is 0.507 e. The van der Waals surface area contributed by atoms with E-state index < -0.39 is 12.0 Å². The Morgan fingerprint density at radius 1 is 1.30 bits per heavy atom. The molecule has 2 N–H and O–H groups in total. The van der Waals surface area contributed by atoms with E-state index in [0.29, 0.717) is 17.1 Å². The number of nitrogens with zero attached hydrogens (tertiary/aromatic N) is 1. The third-order valence-electron chi connectivity index (χ3n) is 3.17. The number of aromatic hydroxyl groups is 1. The van der Waals surface area contributed by atoms with Gasteiger partial charge in [-0.15, -0.1) is 0 Å². The molecule has 2 aromatic carbocycles. The Bertz CT molecular complexity index is 763. The highest BCUT2D eigenvalue weighted by Crippen LogP contribution is 2.30. The minimum Gasteiger partial charge on any atom is -0.507 e. The molecule has 7 heteroatoms. The number of ether oxygens (including phenoxy) is 2. The van der Waals surface area contributed by atoms with Crippen molar-refractivity contribution in [3.63, 3.8) is 0 Å². The number of hydrazone groups is 1. The summed E-state index contributed by atoms with van der Waals surface area (Å²) in [5.41, 5.74) is 2.86. The van der Waals surface area contributed by atoms with E-state index >= 15 is 0 Å². The van der Waals surface area contributed by atoms with Crippen LogP contribution in [0.2, 0.25) is 0 Å². The van der Waals surface area contributed by atoms with Gasteiger partial charge in [-0.1, -0.05) is 28.1 Å². The zero-order valence-corrected chi connectivity index (χ0v) is 13.5. The third kappa shape index (κ3) is 3.62. The number of rotatable bonds is 3. The van der Waals surface area contributed by atoms with Crippen LogP contribution in [0.1, 0.15) is 5.56 Å². The van der Waals surface area contributed by atoms with Crippen molar-refractivity contribution >= 4 is 28.1 Å². The Kier molecular flexibility index (Phi) is 4.47. The maximum Gasteiger partial charge on any atom is 0.284 e. The zero-order chi connectivity index (χ0) is 16.2. The van der Waals surface area contributed by atoms with Crippen molar-refractivity contribution < 1.29 is 19.4 Å². The summed E-state index contributed by atoms with van der Waals surface area (Å²) in [6.45, 7) is 0.112. The number of hydrogen-bond acceptors (Lipinski definition) is 5. The smallest absolute Gasteiger partial charge is 0.284 e. The second-order valence-electron chi connectivity index (χ2n) is 4.80. The number of nitrogens with one attached hydrogen (secondary N) is 1. The number of phenols is 1. The van der Waals surface area contributed by atoms with Gasteiger partial charge in [0.05, 0.1) is 6.21 Å². The Balaban J connectivity index is 1.62. The Labute approximate surface area is 140 Å². The molecule has 23 heavy (non-hydrogen) atoms. The van der Waals surface area contributed by atoms with Crippen LogP contribution < -0.4 is 14.9 Å². The van der Waals surface area contributed by atoms with Crippen molar-refractivity contribution in [2.45, 2.75) is 6.10 Å². The highest BCUT2D eigenvalue weighted by molar-refractivity contribution is 9.10. The van der Waals surface area contributed by atoms with Crippen LogP contribution in [-0.2, 0) is 4.79 Å². The average Bonchev–Trinajstić information content (AvgIpc) is 2.57. The van der Waals surface area contributed by atoms with Crippen molar-refractivity contribution in [2.24, 2.45) is 5.10 Å². The molecule has 0 unspecified atom stereocenters. The topological polar surface area (TPSA) is 80.2 Å². The predicted molar refractivity (Wildman–Crippen MR) is 87.9 cm³/mol. The van der Waals surface area contributed by atoms with Crippen LogP contribution in [-0.4, -0.2) is 29.9 Å².